The van der Waals surface area contributed by atoms with Gasteiger partial charge in [0.2, 0.25) is 5.91 Å². The summed E-state index contributed by atoms with van der Waals surface area (Å²) < 4.78 is 5.49. The monoisotopic (exact) mass is 888 g/mol. The van der Waals surface area contributed by atoms with Crippen molar-refractivity contribution in [1.82, 2.24) is 5.32 Å². The second-order valence-electron chi connectivity index (χ2n) is 19.3. The topological polar surface area (TPSA) is 95.9 Å². The van der Waals surface area contributed by atoms with Crippen LogP contribution in [0.25, 0.3) is 0 Å². The molecule has 0 aromatic rings. The lowest BCUT2D eigenvalue weighted by Crippen LogP contribution is -2.45. The van der Waals surface area contributed by atoms with Gasteiger partial charge in [0.15, 0.2) is 0 Å². The van der Waals surface area contributed by atoms with Gasteiger partial charge in [-0.1, -0.05) is 256 Å². The third kappa shape index (κ3) is 49.6. The number of rotatable bonds is 52. The lowest BCUT2D eigenvalue weighted by atomic mass is 10.0. The number of carbonyl (C=O) groups excluding carboxylic acids is 2. The van der Waals surface area contributed by atoms with Gasteiger partial charge in [0, 0.05) is 12.8 Å². The summed E-state index contributed by atoms with van der Waals surface area (Å²) in [6.07, 6.45) is 63.1. The molecule has 0 saturated heterocycles. The van der Waals surface area contributed by atoms with Crippen LogP contribution in [0.2, 0.25) is 0 Å². The highest BCUT2D eigenvalue weighted by atomic mass is 16.5. The van der Waals surface area contributed by atoms with Crippen LogP contribution in [-0.2, 0) is 14.3 Å². The van der Waals surface area contributed by atoms with Crippen molar-refractivity contribution in [1.29, 1.82) is 0 Å². The van der Waals surface area contributed by atoms with Crippen molar-refractivity contribution >= 4 is 11.9 Å². The van der Waals surface area contributed by atoms with E-state index in [0.717, 1.165) is 51.4 Å². The summed E-state index contributed by atoms with van der Waals surface area (Å²) in [6.45, 7) is 4.90. The van der Waals surface area contributed by atoms with Crippen molar-refractivity contribution in [2.75, 3.05) is 13.2 Å². The van der Waals surface area contributed by atoms with Gasteiger partial charge in [0.25, 0.3) is 0 Å². The SMILES string of the molecule is CCCCC/C=C\C/C=C\CCCCCCCCCCCC(=O)OCCCCCCCCCCCCCCCCCCCCC(=O)NC(CO)C(O)CCCCCCCCCCC. The Balaban J connectivity index is 3.36. The minimum absolute atomic E-state index is 0.00343. The van der Waals surface area contributed by atoms with Gasteiger partial charge in [0.1, 0.15) is 0 Å². The Kier molecular flexibility index (Phi) is 51.6. The molecule has 63 heavy (non-hydrogen) atoms. The fourth-order valence-corrected chi connectivity index (χ4v) is 8.67. The minimum atomic E-state index is -0.664. The Labute approximate surface area is 392 Å². The molecule has 0 saturated carbocycles. The maximum absolute atomic E-state index is 12.4. The van der Waals surface area contributed by atoms with Crippen molar-refractivity contribution in [3.05, 3.63) is 24.3 Å². The third-order valence-electron chi connectivity index (χ3n) is 13.0. The van der Waals surface area contributed by atoms with Crippen LogP contribution < -0.4 is 5.32 Å². The highest BCUT2D eigenvalue weighted by Gasteiger charge is 2.20. The molecule has 0 aromatic heterocycles. The summed E-state index contributed by atoms with van der Waals surface area (Å²) in [5, 5.41) is 23.1. The fraction of sp³-hybridized carbons (Fsp3) is 0.895. The van der Waals surface area contributed by atoms with Crippen LogP contribution in [0.4, 0.5) is 0 Å². The molecule has 6 heteroatoms. The molecule has 1 amide bonds. The number of nitrogens with one attached hydrogen (secondary N) is 1. The van der Waals surface area contributed by atoms with Crippen LogP contribution in [0, 0.1) is 0 Å². The van der Waals surface area contributed by atoms with Gasteiger partial charge in [-0.3, -0.25) is 9.59 Å². The molecule has 0 aliphatic heterocycles. The number of ether oxygens (including phenoxy) is 1. The molecule has 0 radical (unpaired) electrons. The zero-order chi connectivity index (χ0) is 45.8. The van der Waals surface area contributed by atoms with Crippen molar-refractivity contribution in [2.45, 2.75) is 315 Å². The van der Waals surface area contributed by atoms with Crippen LogP contribution in [0.15, 0.2) is 24.3 Å². The highest BCUT2D eigenvalue weighted by Crippen LogP contribution is 2.17. The molecular formula is C57H109NO5. The van der Waals surface area contributed by atoms with Gasteiger partial charge in [-0.25, -0.2) is 0 Å². The molecule has 6 nitrogen and oxygen atoms in total. The Morgan fingerprint density at radius 1 is 0.444 bits per heavy atom. The smallest absolute Gasteiger partial charge is 0.305 e. The van der Waals surface area contributed by atoms with E-state index in [-0.39, 0.29) is 18.5 Å². The predicted octanol–water partition coefficient (Wildman–Crippen LogP) is 17.1. The Morgan fingerprint density at radius 3 is 1.24 bits per heavy atom. The summed E-state index contributed by atoms with van der Waals surface area (Å²) in [4.78, 5) is 24.5. The number of carbonyl (C=O) groups is 2. The van der Waals surface area contributed by atoms with E-state index in [2.05, 4.69) is 43.5 Å². The summed E-state index contributed by atoms with van der Waals surface area (Å²) in [5.41, 5.74) is 0. The zero-order valence-corrected chi connectivity index (χ0v) is 42.3. The Hall–Kier alpha value is -1.66. The summed E-state index contributed by atoms with van der Waals surface area (Å²) >= 11 is 0. The zero-order valence-electron chi connectivity index (χ0n) is 42.3. The van der Waals surface area contributed by atoms with Crippen molar-refractivity contribution in [3.8, 4) is 0 Å². The van der Waals surface area contributed by atoms with E-state index in [0.29, 0.717) is 25.9 Å². The number of hydrogen-bond donors (Lipinski definition) is 3. The summed E-state index contributed by atoms with van der Waals surface area (Å²) in [5.74, 6) is -0.0377. The number of aliphatic hydroxyl groups is 2. The molecule has 0 bridgehead atoms. The number of amides is 1. The molecule has 0 rings (SSSR count). The number of allylic oxidation sites excluding steroid dienone is 4. The van der Waals surface area contributed by atoms with Crippen LogP contribution in [0.1, 0.15) is 303 Å². The van der Waals surface area contributed by atoms with Gasteiger partial charge in [-0.15, -0.1) is 0 Å². The Bertz CT molecular complexity index is 982. The van der Waals surface area contributed by atoms with E-state index in [4.69, 9.17) is 4.74 Å². The Morgan fingerprint density at radius 2 is 0.794 bits per heavy atom. The lowest BCUT2D eigenvalue weighted by molar-refractivity contribution is -0.143. The van der Waals surface area contributed by atoms with Gasteiger partial charge < -0.3 is 20.3 Å². The molecule has 0 fully saturated rings. The number of esters is 1. The van der Waals surface area contributed by atoms with Gasteiger partial charge in [0.05, 0.1) is 25.4 Å². The average molecular weight is 889 g/mol. The van der Waals surface area contributed by atoms with Crippen LogP contribution in [0.3, 0.4) is 0 Å². The van der Waals surface area contributed by atoms with E-state index in [1.54, 1.807) is 0 Å². The van der Waals surface area contributed by atoms with E-state index in [1.165, 1.54) is 218 Å². The normalized spacial score (nSPS) is 12.8. The molecule has 372 valence electrons. The van der Waals surface area contributed by atoms with Gasteiger partial charge in [-0.05, 0) is 57.8 Å². The summed E-state index contributed by atoms with van der Waals surface area (Å²) in [7, 11) is 0. The van der Waals surface area contributed by atoms with Crippen LogP contribution in [0.5, 0.6) is 0 Å². The first-order valence-corrected chi connectivity index (χ1v) is 28.1. The molecule has 0 heterocycles. The van der Waals surface area contributed by atoms with E-state index < -0.39 is 12.1 Å². The van der Waals surface area contributed by atoms with E-state index in [1.807, 2.05) is 0 Å². The second-order valence-corrected chi connectivity index (χ2v) is 19.3. The standard InChI is InChI=1S/C57H109NO5/c1-3-5-7-9-11-13-14-15-16-17-18-22-25-28-31-35-39-43-47-51-57(62)63-52-48-44-40-36-32-29-26-23-20-19-21-24-27-30-34-38-42-46-50-56(61)58-54(53-59)55(60)49-45-41-37-33-12-10-8-6-4-2/h11,13,15-16,54-55,59-60H,3-10,12,14,17-53H2,1-2H3,(H,58,61)/b13-11-,16-15-. The van der Waals surface area contributed by atoms with Gasteiger partial charge in [-0.2, -0.15) is 0 Å². The largest absolute Gasteiger partial charge is 0.466 e. The van der Waals surface area contributed by atoms with Crippen molar-refractivity contribution < 1.29 is 24.5 Å². The molecule has 2 atom stereocenters. The first-order valence-electron chi connectivity index (χ1n) is 28.1. The second kappa shape index (κ2) is 53.0. The van der Waals surface area contributed by atoms with Gasteiger partial charge >= 0.3 is 5.97 Å². The molecule has 0 spiro atoms. The first kappa shape index (κ1) is 61.3. The molecular weight excluding hydrogens is 779 g/mol. The highest BCUT2D eigenvalue weighted by molar-refractivity contribution is 5.76. The van der Waals surface area contributed by atoms with Crippen LogP contribution >= 0.6 is 0 Å². The first-order chi connectivity index (χ1) is 31.0. The minimum Gasteiger partial charge on any atom is -0.466 e. The predicted molar refractivity (Wildman–Crippen MR) is 273 cm³/mol. The molecule has 2 unspecified atom stereocenters. The van der Waals surface area contributed by atoms with E-state index >= 15 is 0 Å². The molecule has 0 aliphatic rings. The molecule has 0 aromatic carbocycles. The third-order valence-corrected chi connectivity index (χ3v) is 13.0. The van der Waals surface area contributed by atoms with Crippen molar-refractivity contribution in [3.63, 3.8) is 0 Å². The molecule has 3 N–H and O–H groups in total. The summed E-state index contributed by atoms with van der Waals surface area (Å²) in [6, 6.07) is -0.542. The quantitative estimate of drug-likeness (QED) is 0.0321. The number of unbranched alkanes of at least 4 members (excludes halogenated alkanes) is 37. The average Bonchev–Trinajstić information content (AvgIpc) is 3.28. The van der Waals surface area contributed by atoms with E-state index in [9.17, 15) is 19.8 Å². The molecule has 0 aliphatic carbocycles. The maximum atomic E-state index is 12.4. The maximum Gasteiger partial charge on any atom is 0.305 e. The van der Waals surface area contributed by atoms with Crippen molar-refractivity contribution in [2.24, 2.45) is 0 Å². The van der Waals surface area contributed by atoms with Crippen LogP contribution in [-0.4, -0.2) is 47.4 Å². The number of hydrogen-bond acceptors (Lipinski definition) is 5. The fourth-order valence-electron chi connectivity index (χ4n) is 8.67. The number of aliphatic hydroxyl groups excluding tert-OH is 2. The lowest BCUT2D eigenvalue weighted by Gasteiger charge is -2.22.